The summed E-state index contributed by atoms with van der Waals surface area (Å²) in [6.45, 7) is 0.194. The molecule has 3 aromatic rings. The zero-order valence-corrected chi connectivity index (χ0v) is 17.6. The number of aromatic amines is 1. The number of aromatic nitrogens is 2. The van der Waals surface area contributed by atoms with Crippen LogP contribution in [0.4, 0.5) is 4.79 Å². The van der Waals surface area contributed by atoms with E-state index >= 15 is 0 Å². The fraction of sp³-hybridized carbons (Fsp3) is 0.238. The van der Waals surface area contributed by atoms with E-state index in [4.69, 9.17) is 5.14 Å². The van der Waals surface area contributed by atoms with Gasteiger partial charge in [-0.3, -0.25) is 0 Å². The monoisotopic (exact) mass is 443 g/mol. The summed E-state index contributed by atoms with van der Waals surface area (Å²) in [5, 5.41) is 16.6. The van der Waals surface area contributed by atoms with Crippen LogP contribution in [0.2, 0.25) is 0 Å². The van der Waals surface area contributed by atoms with Crippen LogP contribution in [0.3, 0.4) is 0 Å². The Labute approximate surface area is 180 Å². The molecular formula is C21H25N5O4S. The second-order valence-corrected chi connectivity index (χ2v) is 8.45. The fourth-order valence-electron chi connectivity index (χ4n) is 3.28. The molecule has 0 bridgehead atoms. The van der Waals surface area contributed by atoms with Gasteiger partial charge in [0.2, 0.25) is 0 Å². The average Bonchev–Trinajstić information content (AvgIpc) is 3.23. The number of rotatable bonds is 10. The number of nitrogens with two attached hydrogens (primary N) is 1. The fourth-order valence-corrected chi connectivity index (χ4v) is 3.71. The van der Waals surface area contributed by atoms with Crippen LogP contribution in [0.25, 0.3) is 22.5 Å². The summed E-state index contributed by atoms with van der Waals surface area (Å²) >= 11 is 0. The molecule has 1 atom stereocenters. The smallest absolute Gasteiger partial charge is 0.405 e. The van der Waals surface area contributed by atoms with Crippen molar-refractivity contribution in [3.63, 3.8) is 0 Å². The number of benzene rings is 2. The van der Waals surface area contributed by atoms with Gasteiger partial charge < -0.3 is 15.4 Å². The molecule has 0 aliphatic rings. The van der Waals surface area contributed by atoms with E-state index in [-0.39, 0.29) is 6.54 Å². The molecule has 6 N–H and O–H groups in total. The molecule has 0 saturated carbocycles. The van der Waals surface area contributed by atoms with Gasteiger partial charge in [0, 0.05) is 12.1 Å². The molecule has 164 valence electrons. The van der Waals surface area contributed by atoms with E-state index < -0.39 is 22.3 Å². The van der Waals surface area contributed by atoms with Gasteiger partial charge in [0.1, 0.15) is 5.82 Å². The van der Waals surface area contributed by atoms with E-state index in [1.165, 1.54) is 0 Å². The first-order chi connectivity index (χ1) is 14.8. The number of H-pyrrole nitrogens is 1. The highest BCUT2D eigenvalue weighted by Gasteiger charge is 2.17. The van der Waals surface area contributed by atoms with E-state index in [1.54, 1.807) is 6.20 Å². The summed E-state index contributed by atoms with van der Waals surface area (Å²) in [6.07, 6.45) is 2.06. The summed E-state index contributed by atoms with van der Waals surface area (Å²) in [4.78, 5) is 18.9. The van der Waals surface area contributed by atoms with Gasteiger partial charge in [-0.15, -0.1) is 0 Å². The van der Waals surface area contributed by atoms with Crippen molar-refractivity contribution in [2.24, 2.45) is 5.14 Å². The third-order valence-corrected chi connectivity index (χ3v) is 5.34. The van der Waals surface area contributed by atoms with Crippen LogP contribution in [0.5, 0.6) is 0 Å². The minimum atomic E-state index is -3.72. The number of nitrogens with zero attached hydrogens (tertiary/aromatic N) is 1. The normalized spacial score (nSPS) is 12.4. The van der Waals surface area contributed by atoms with Crippen LogP contribution in [-0.4, -0.2) is 36.1 Å². The van der Waals surface area contributed by atoms with E-state index in [9.17, 15) is 18.3 Å². The molecule has 0 aliphatic heterocycles. The maximum absolute atomic E-state index is 11.2. The van der Waals surface area contributed by atoms with Crippen molar-refractivity contribution in [1.82, 2.24) is 20.0 Å². The predicted molar refractivity (Wildman–Crippen MR) is 118 cm³/mol. The molecule has 0 fully saturated rings. The zero-order chi connectivity index (χ0) is 22.3. The zero-order valence-electron chi connectivity index (χ0n) is 16.8. The van der Waals surface area contributed by atoms with Crippen molar-refractivity contribution >= 4 is 16.3 Å². The Balaban J connectivity index is 1.71. The first-order valence-electron chi connectivity index (χ1n) is 9.79. The Bertz CT molecular complexity index is 1120. The van der Waals surface area contributed by atoms with Gasteiger partial charge in [-0.05, 0) is 36.5 Å². The molecular weight excluding hydrogens is 418 g/mol. The standard InChI is InChI=1S/C21H25N5O4S/c22-31(29,30)24-12-5-4-11-18(26-21(27)28)19-14-23-20(25-19)17-10-6-9-16(13-17)15-7-2-1-3-8-15/h1-3,6-10,13-14,18,24,26H,4-5,11-12H2,(H,23,25)(H,27,28)(H2,22,29,30). The number of unbranched alkanes of at least 4 members (excludes halogenated alkanes) is 1. The summed E-state index contributed by atoms with van der Waals surface area (Å²) in [5.41, 5.74) is 3.68. The SMILES string of the molecule is NS(=O)(=O)NCCCCC(NC(=O)O)c1cnc(-c2cccc(-c3ccccc3)c2)[nH]1. The highest BCUT2D eigenvalue weighted by atomic mass is 32.2. The summed E-state index contributed by atoms with van der Waals surface area (Å²) in [7, 11) is -3.72. The van der Waals surface area contributed by atoms with Gasteiger partial charge in [-0.25, -0.2) is 19.6 Å². The Morgan fingerprint density at radius 2 is 1.77 bits per heavy atom. The Morgan fingerprint density at radius 3 is 2.48 bits per heavy atom. The van der Waals surface area contributed by atoms with Crippen LogP contribution in [0.15, 0.2) is 60.8 Å². The molecule has 1 heterocycles. The number of nitrogens with one attached hydrogen (secondary N) is 3. The van der Waals surface area contributed by atoms with Crippen LogP contribution < -0.4 is 15.2 Å². The number of carboxylic acid groups (broad SMARTS) is 1. The molecule has 10 heteroatoms. The molecule has 1 aromatic heterocycles. The lowest BCUT2D eigenvalue weighted by Crippen LogP contribution is -2.31. The molecule has 31 heavy (non-hydrogen) atoms. The van der Waals surface area contributed by atoms with Crippen molar-refractivity contribution in [3.8, 4) is 22.5 Å². The van der Waals surface area contributed by atoms with Crippen molar-refractivity contribution in [1.29, 1.82) is 0 Å². The Hall–Kier alpha value is -3.21. The quantitative estimate of drug-likeness (QED) is 0.305. The van der Waals surface area contributed by atoms with Crippen LogP contribution >= 0.6 is 0 Å². The number of amides is 1. The van der Waals surface area contributed by atoms with Crippen molar-refractivity contribution in [2.45, 2.75) is 25.3 Å². The van der Waals surface area contributed by atoms with Gasteiger partial charge in [-0.1, -0.05) is 48.5 Å². The van der Waals surface area contributed by atoms with Crippen molar-refractivity contribution in [2.75, 3.05) is 6.54 Å². The molecule has 3 rings (SSSR count). The minimum Gasteiger partial charge on any atom is -0.465 e. The van der Waals surface area contributed by atoms with E-state index in [0.717, 1.165) is 16.7 Å². The van der Waals surface area contributed by atoms with E-state index in [0.29, 0.717) is 30.8 Å². The minimum absolute atomic E-state index is 0.194. The summed E-state index contributed by atoms with van der Waals surface area (Å²) in [5.74, 6) is 0.640. The van der Waals surface area contributed by atoms with Crippen molar-refractivity contribution < 1.29 is 18.3 Å². The first-order valence-corrected chi connectivity index (χ1v) is 11.3. The lowest BCUT2D eigenvalue weighted by molar-refractivity contribution is 0.188. The van der Waals surface area contributed by atoms with E-state index in [1.807, 2.05) is 54.6 Å². The Kier molecular flexibility index (Phi) is 7.40. The lowest BCUT2D eigenvalue weighted by Gasteiger charge is -2.15. The van der Waals surface area contributed by atoms with Crippen LogP contribution in [0, 0.1) is 0 Å². The third kappa shape index (κ3) is 6.92. The number of imidazole rings is 1. The molecule has 2 aromatic carbocycles. The van der Waals surface area contributed by atoms with Gasteiger partial charge >= 0.3 is 6.09 Å². The maximum atomic E-state index is 11.2. The molecule has 9 nitrogen and oxygen atoms in total. The van der Waals surface area contributed by atoms with Gasteiger partial charge in [-0.2, -0.15) is 8.42 Å². The average molecular weight is 444 g/mol. The molecule has 0 spiro atoms. The van der Waals surface area contributed by atoms with Gasteiger partial charge in [0.25, 0.3) is 10.2 Å². The number of carbonyl (C=O) groups is 1. The first kappa shape index (κ1) is 22.5. The van der Waals surface area contributed by atoms with Crippen molar-refractivity contribution in [3.05, 3.63) is 66.5 Å². The highest BCUT2D eigenvalue weighted by Crippen LogP contribution is 2.26. The summed E-state index contributed by atoms with van der Waals surface area (Å²) < 4.78 is 24.0. The Morgan fingerprint density at radius 1 is 1.06 bits per heavy atom. The lowest BCUT2D eigenvalue weighted by atomic mass is 10.0. The molecule has 1 unspecified atom stereocenters. The predicted octanol–water partition coefficient (Wildman–Crippen LogP) is 3.02. The third-order valence-electron chi connectivity index (χ3n) is 4.73. The summed E-state index contributed by atoms with van der Waals surface area (Å²) in [6, 6.07) is 17.4. The second-order valence-electron chi connectivity index (χ2n) is 7.07. The van der Waals surface area contributed by atoms with Crippen LogP contribution in [-0.2, 0) is 10.2 Å². The number of hydrogen-bond donors (Lipinski definition) is 5. The molecule has 0 aliphatic carbocycles. The molecule has 1 amide bonds. The second kappa shape index (κ2) is 10.2. The number of hydrogen-bond acceptors (Lipinski definition) is 4. The largest absolute Gasteiger partial charge is 0.465 e. The molecule has 0 saturated heterocycles. The molecule has 0 radical (unpaired) electrons. The topological polar surface area (TPSA) is 150 Å². The van der Waals surface area contributed by atoms with Gasteiger partial charge in [0.15, 0.2) is 0 Å². The highest BCUT2D eigenvalue weighted by molar-refractivity contribution is 7.87. The van der Waals surface area contributed by atoms with E-state index in [2.05, 4.69) is 20.0 Å². The maximum Gasteiger partial charge on any atom is 0.405 e. The van der Waals surface area contributed by atoms with Crippen LogP contribution in [0.1, 0.15) is 31.0 Å². The van der Waals surface area contributed by atoms with Gasteiger partial charge in [0.05, 0.1) is 17.9 Å².